The lowest BCUT2D eigenvalue weighted by molar-refractivity contribution is 0.570. The van der Waals surface area contributed by atoms with Crippen molar-refractivity contribution < 1.29 is 8.83 Å². The van der Waals surface area contributed by atoms with E-state index in [9.17, 15) is 0 Å². The van der Waals surface area contributed by atoms with E-state index >= 15 is 0 Å². The molecule has 0 amide bonds. The van der Waals surface area contributed by atoms with E-state index in [2.05, 4.69) is 144 Å². The summed E-state index contributed by atoms with van der Waals surface area (Å²) < 4.78 is 14.8. The largest absolute Gasteiger partial charge is 0.456 e. The summed E-state index contributed by atoms with van der Waals surface area (Å²) in [5, 5.41) is 6.52. The van der Waals surface area contributed by atoms with Gasteiger partial charge in [-0.05, 0) is 95.9 Å². The molecule has 6 aromatic heterocycles. The van der Waals surface area contributed by atoms with Gasteiger partial charge in [0.25, 0.3) is 0 Å². The first-order valence-corrected chi connectivity index (χ1v) is 27.2. The molecule has 9 aromatic carbocycles. The molecular weight excluding hydrogens is 995 g/mol. The highest BCUT2D eigenvalue weighted by atomic mass is 16.3. The van der Waals surface area contributed by atoms with Crippen molar-refractivity contribution in [1.29, 1.82) is 0 Å². The minimum atomic E-state index is 0.105. The lowest BCUT2D eigenvalue weighted by Gasteiger charge is -2.15. The Morgan fingerprint density at radius 3 is 1.35 bits per heavy atom. The van der Waals surface area contributed by atoms with Gasteiger partial charge in [-0.3, -0.25) is 4.57 Å². The van der Waals surface area contributed by atoms with E-state index in [0.717, 1.165) is 128 Å². The van der Waals surface area contributed by atoms with Gasteiger partial charge in [0.05, 0.1) is 33.8 Å². The molecule has 0 bridgehead atoms. The minimum Gasteiger partial charge on any atom is -0.456 e. The van der Waals surface area contributed by atoms with Crippen LogP contribution in [0.2, 0.25) is 0 Å². The Morgan fingerprint density at radius 2 is 0.778 bits per heavy atom. The van der Waals surface area contributed by atoms with Crippen molar-refractivity contribution in [2.75, 3.05) is 0 Å². The molecule has 0 N–H and O–H groups in total. The predicted octanol–water partition coefficient (Wildman–Crippen LogP) is 16.2. The van der Waals surface area contributed by atoms with Gasteiger partial charge in [0.15, 0.2) is 11.6 Å². The molecule has 1 aliphatic rings. The predicted molar refractivity (Wildman–Crippen MR) is 325 cm³/mol. The Bertz CT molecular complexity index is 4830. The van der Waals surface area contributed by atoms with Crippen LogP contribution >= 0.6 is 0 Å². The first kappa shape index (κ1) is 46.2. The molecule has 0 aliphatic heterocycles. The average molecular weight is 1040 g/mol. The summed E-state index contributed by atoms with van der Waals surface area (Å²) in [6, 6.07) is 83.4. The quantitative estimate of drug-likeness (QED) is 0.141. The zero-order chi connectivity index (χ0) is 53.4. The van der Waals surface area contributed by atoms with Crippen molar-refractivity contribution in [2.24, 2.45) is 0 Å². The third kappa shape index (κ3) is 8.17. The molecule has 15 aromatic rings. The van der Waals surface area contributed by atoms with E-state index in [-0.39, 0.29) is 5.92 Å². The summed E-state index contributed by atoms with van der Waals surface area (Å²) >= 11 is 0. The van der Waals surface area contributed by atoms with Crippen molar-refractivity contribution in [1.82, 2.24) is 34.5 Å². The molecule has 1 atom stereocenters. The van der Waals surface area contributed by atoms with Gasteiger partial charge in [0.1, 0.15) is 33.6 Å². The fourth-order valence-electron chi connectivity index (χ4n) is 11.6. The van der Waals surface area contributed by atoms with Crippen LogP contribution in [0.1, 0.15) is 17.9 Å². The SMILES string of the molecule is C1=c2oc3ccccc3c2=CC(c2ccc3c(c2)c2cc(-c4ccc5oc6ccccc6c5c4)ccc2n3-c2nc(-c3nc(-c4ccccc4)cc(-c4ccccc4)n3)cc(-c3nc(-c4ccccc4)cc(-c4ccccc4)n3)n2)C1. The number of rotatable bonds is 9. The maximum atomic E-state index is 6.33. The van der Waals surface area contributed by atoms with Crippen LogP contribution in [0.3, 0.4) is 0 Å². The van der Waals surface area contributed by atoms with Gasteiger partial charge in [-0.25, -0.2) is 29.9 Å². The smallest absolute Gasteiger partial charge is 0.236 e. The van der Waals surface area contributed by atoms with E-state index in [4.69, 9.17) is 38.7 Å². The summed E-state index contributed by atoms with van der Waals surface area (Å²) in [6.07, 6.45) is 5.41. The van der Waals surface area contributed by atoms with E-state index in [1.54, 1.807) is 0 Å². The second kappa shape index (κ2) is 18.9. The molecular formula is C72H45N7O2. The number of para-hydroxylation sites is 2. The number of benzene rings is 9. The van der Waals surface area contributed by atoms with E-state index < -0.39 is 0 Å². The Balaban J connectivity index is 0.953. The molecule has 9 nitrogen and oxygen atoms in total. The number of aromatic nitrogens is 7. The van der Waals surface area contributed by atoms with Crippen molar-refractivity contribution >= 4 is 66.9 Å². The van der Waals surface area contributed by atoms with Crippen LogP contribution in [0.25, 0.3) is 152 Å². The first-order valence-electron chi connectivity index (χ1n) is 27.2. The van der Waals surface area contributed by atoms with E-state index in [1.807, 2.05) is 115 Å². The van der Waals surface area contributed by atoms with Gasteiger partial charge >= 0.3 is 0 Å². The van der Waals surface area contributed by atoms with Gasteiger partial charge in [-0.1, -0.05) is 182 Å². The standard InChI is InChI=1S/C72H45N7O2/c1-5-17-44(18-6-1)58-41-59(45-19-7-2-8-20-45)74-70(73-58)62-43-63(71-75-60(46-21-9-3-10-22-46)42-61(76-71)47-23-11-4-12-24-47)78-72(77-62)79-64-33-29-48(50-31-35-68-56(39-50)52-25-13-15-27-66(52)80-68)37-54(64)55-38-49(30-34-65(55)79)51-32-36-69-57(40-51)53-26-14-16-28-67(53)81-69/h1-31,33-43,51H,32H2. The van der Waals surface area contributed by atoms with Crippen LogP contribution in [0.15, 0.2) is 251 Å². The molecule has 0 spiro atoms. The lowest BCUT2D eigenvalue weighted by atomic mass is 9.90. The van der Waals surface area contributed by atoms with Crippen LogP contribution in [0.5, 0.6) is 0 Å². The topological polar surface area (TPSA) is 109 Å². The zero-order valence-corrected chi connectivity index (χ0v) is 43.5. The molecule has 380 valence electrons. The number of fused-ring (bicyclic) bond motifs is 9. The Hall–Kier alpha value is -10.9. The fourth-order valence-corrected chi connectivity index (χ4v) is 11.6. The normalized spacial score (nSPS) is 13.2. The Kier molecular flexibility index (Phi) is 10.8. The molecule has 9 heteroatoms. The molecule has 0 fully saturated rings. The van der Waals surface area contributed by atoms with Crippen molar-refractivity contribution in [3.8, 4) is 85.1 Å². The van der Waals surface area contributed by atoms with Crippen molar-refractivity contribution in [3.05, 3.63) is 259 Å². The van der Waals surface area contributed by atoms with Crippen LogP contribution in [-0.2, 0) is 0 Å². The maximum Gasteiger partial charge on any atom is 0.236 e. The second-order valence-corrected chi connectivity index (χ2v) is 20.6. The molecule has 1 aliphatic carbocycles. The molecule has 0 saturated carbocycles. The van der Waals surface area contributed by atoms with Gasteiger partial charge < -0.3 is 8.83 Å². The average Bonchev–Trinajstić information content (AvgIpc) is 4.40. The highest BCUT2D eigenvalue weighted by Crippen LogP contribution is 2.40. The third-order valence-electron chi connectivity index (χ3n) is 15.6. The molecule has 6 heterocycles. The number of nitrogens with zero attached hydrogens (tertiary/aromatic N) is 7. The van der Waals surface area contributed by atoms with E-state index in [1.165, 1.54) is 5.56 Å². The van der Waals surface area contributed by atoms with Crippen LogP contribution < -0.4 is 10.6 Å². The lowest BCUT2D eigenvalue weighted by Crippen LogP contribution is -2.24. The second-order valence-electron chi connectivity index (χ2n) is 20.6. The maximum absolute atomic E-state index is 6.33. The molecule has 0 saturated heterocycles. The van der Waals surface area contributed by atoms with Crippen LogP contribution in [0, 0.1) is 0 Å². The summed E-state index contributed by atoms with van der Waals surface area (Å²) in [4.78, 5) is 32.3. The molecule has 16 rings (SSSR count). The number of furan rings is 2. The van der Waals surface area contributed by atoms with E-state index in [0.29, 0.717) is 29.0 Å². The number of hydrogen-bond acceptors (Lipinski definition) is 8. The van der Waals surface area contributed by atoms with Crippen molar-refractivity contribution in [2.45, 2.75) is 12.3 Å². The Labute approximate surface area is 464 Å². The molecule has 81 heavy (non-hydrogen) atoms. The van der Waals surface area contributed by atoms with Gasteiger partial charge in [-0.2, -0.15) is 0 Å². The molecule has 0 radical (unpaired) electrons. The first-order chi connectivity index (χ1) is 40.1. The number of hydrogen-bond donors (Lipinski definition) is 0. The van der Waals surface area contributed by atoms with Gasteiger partial charge in [0.2, 0.25) is 5.95 Å². The highest BCUT2D eigenvalue weighted by molar-refractivity contribution is 6.11. The molecule has 1 unspecified atom stereocenters. The Morgan fingerprint density at radius 1 is 0.333 bits per heavy atom. The highest BCUT2D eigenvalue weighted by Gasteiger charge is 2.24. The summed E-state index contributed by atoms with van der Waals surface area (Å²) in [7, 11) is 0. The zero-order valence-electron chi connectivity index (χ0n) is 43.5. The third-order valence-corrected chi connectivity index (χ3v) is 15.6. The monoisotopic (exact) mass is 1040 g/mol. The van der Waals surface area contributed by atoms with Crippen LogP contribution in [0.4, 0.5) is 0 Å². The van der Waals surface area contributed by atoms with Gasteiger partial charge in [-0.15, -0.1) is 0 Å². The van der Waals surface area contributed by atoms with Crippen molar-refractivity contribution in [3.63, 3.8) is 0 Å². The van der Waals surface area contributed by atoms with Gasteiger partial charge in [0, 0.05) is 60.3 Å². The summed E-state index contributed by atoms with van der Waals surface area (Å²) in [5.41, 5.74) is 16.7. The minimum absolute atomic E-state index is 0.105. The summed E-state index contributed by atoms with van der Waals surface area (Å²) in [6.45, 7) is 0. The van der Waals surface area contributed by atoms with Crippen LogP contribution in [-0.4, -0.2) is 34.5 Å². The summed E-state index contributed by atoms with van der Waals surface area (Å²) in [5.74, 6) is 1.40. The fraction of sp³-hybridized carbons (Fsp3) is 0.0278.